The second kappa shape index (κ2) is 7.60. The first kappa shape index (κ1) is 18.2. The number of nitrogen functional groups attached to an aromatic ring is 1. The molecule has 1 atom stereocenters. The zero-order valence-electron chi connectivity index (χ0n) is 13.3. The van der Waals surface area contributed by atoms with Gasteiger partial charge in [0.1, 0.15) is 11.3 Å². The molecule has 0 aliphatic rings. The number of hydrogen-bond acceptors (Lipinski definition) is 7. The third-order valence-electron chi connectivity index (χ3n) is 3.09. The molecule has 0 saturated carbocycles. The number of ether oxygens (including phenoxy) is 2. The van der Waals surface area contributed by atoms with E-state index in [0.717, 1.165) is 0 Å². The number of nitrogens with two attached hydrogens (primary N) is 1. The minimum Gasteiger partial charge on any atom is -0.449 e. The Labute approximate surface area is 140 Å². The van der Waals surface area contributed by atoms with E-state index in [-0.39, 0.29) is 22.9 Å². The van der Waals surface area contributed by atoms with Gasteiger partial charge in [-0.1, -0.05) is 5.16 Å². The van der Waals surface area contributed by atoms with Crippen LogP contribution in [-0.2, 0) is 9.53 Å². The highest BCUT2D eigenvalue weighted by Gasteiger charge is 2.25. The lowest BCUT2D eigenvalue weighted by Crippen LogP contribution is -2.30. The Balaban J connectivity index is 1.95. The van der Waals surface area contributed by atoms with Gasteiger partial charge in [0.25, 0.3) is 5.91 Å². The van der Waals surface area contributed by atoms with Crippen LogP contribution in [-0.4, -0.2) is 29.7 Å². The van der Waals surface area contributed by atoms with Crippen molar-refractivity contribution in [1.82, 2.24) is 5.16 Å². The lowest BCUT2D eigenvalue weighted by molar-refractivity contribution is -0.123. The number of amides is 1. The molecule has 0 bridgehead atoms. The summed E-state index contributed by atoms with van der Waals surface area (Å²) in [5, 5.41) is 5.99. The predicted octanol–water partition coefficient (Wildman–Crippen LogP) is 2.35. The Bertz CT molecular complexity index is 742. The molecule has 134 valence electrons. The van der Waals surface area contributed by atoms with Gasteiger partial charge in [0.2, 0.25) is 5.88 Å². The summed E-state index contributed by atoms with van der Waals surface area (Å²) in [5.41, 5.74) is 5.98. The molecule has 3 N–H and O–H groups in total. The molecule has 2 aromatic rings. The van der Waals surface area contributed by atoms with E-state index in [4.69, 9.17) is 10.5 Å². The van der Waals surface area contributed by atoms with Gasteiger partial charge in [-0.25, -0.2) is 4.79 Å². The van der Waals surface area contributed by atoms with Crippen molar-refractivity contribution in [3.05, 3.63) is 35.5 Å². The van der Waals surface area contributed by atoms with E-state index in [1.165, 1.54) is 38.1 Å². The number of hydrogen-bond donors (Lipinski definition) is 2. The van der Waals surface area contributed by atoms with Crippen LogP contribution < -0.4 is 15.8 Å². The average molecular weight is 355 g/mol. The van der Waals surface area contributed by atoms with Crippen molar-refractivity contribution in [2.45, 2.75) is 26.6 Å². The number of aromatic nitrogens is 1. The van der Waals surface area contributed by atoms with Crippen LogP contribution in [0, 0.1) is 6.92 Å². The number of halogens is 2. The summed E-state index contributed by atoms with van der Waals surface area (Å²) in [6.45, 7) is -0.0710. The third-order valence-corrected chi connectivity index (χ3v) is 3.09. The molecule has 1 aromatic heterocycles. The first-order chi connectivity index (χ1) is 11.8. The first-order valence-electron chi connectivity index (χ1n) is 7.06. The maximum Gasteiger partial charge on any atom is 0.387 e. The van der Waals surface area contributed by atoms with E-state index in [1.807, 2.05) is 0 Å². The van der Waals surface area contributed by atoms with E-state index in [9.17, 15) is 18.4 Å². The molecule has 2 rings (SSSR count). The van der Waals surface area contributed by atoms with Crippen molar-refractivity contribution in [3.63, 3.8) is 0 Å². The maximum atomic E-state index is 12.1. The summed E-state index contributed by atoms with van der Waals surface area (Å²) in [4.78, 5) is 24.0. The molecule has 10 heteroatoms. The number of benzene rings is 1. The van der Waals surface area contributed by atoms with E-state index in [2.05, 4.69) is 19.7 Å². The topological polar surface area (TPSA) is 117 Å². The third kappa shape index (κ3) is 4.66. The SMILES string of the molecule is Cc1noc(N)c1C(=O)OC(C)C(=O)Nc1ccc(OC(F)F)cc1. The largest absolute Gasteiger partial charge is 0.449 e. The molecule has 0 spiro atoms. The van der Waals surface area contributed by atoms with Crippen molar-refractivity contribution in [2.75, 3.05) is 11.1 Å². The average Bonchev–Trinajstić information content (AvgIpc) is 2.87. The number of rotatable bonds is 6. The highest BCUT2D eigenvalue weighted by Crippen LogP contribution is 2.19. The summed E-state index contributed by atoms with van der Waals surface area (Å²) in [6, 6.07) is 5.26. The fourth-order valence-electron chi connectivity index (χ4n) is 1.87. The number of carbonyl (C=O) groups is 2. The maximum absolute atomic E-state index is 12.1. The summed E-state index contributed by atoms with van der Waals surface area (Å²) >= 11 is 0. The van der Waals surface area contributed by atoms with E-state index in [1.54, 1.807) is 0 Å². The van der Waals surface area contributed by atoms with E-state index in [0.29, 0.717) is 5.69 Å². The van der Waals surface area contributed by atoms with Gasteiger partial charge in [0.05, 0.1) is 5.69 Å². The van der Waals surface area contributed by atoms with Crippen molar-refractivity contribution in [1.29, 1.82) is 0 Å². The van der Waals surface area contributed by atoms with Gasteiger partial charge in [0, 0.05) is 5.69 Å². The number of alkyl halides is 2. The molecule has 8 nitrogen and oxygen atoms in total. The summed E-state index contributed by atoms with van der Waals surface area (Å²) < 4.78 is 38.0. The van der Waals surface area contributed by atoms with E-state index < -0.39 is 24.6 Å². The van der Waals surface area contributed by atoms with Crippen LogP contribution >= 0.6 is 0 Å². The van der Waals surface area contributed by atoms with Gasteiger partial charge in [-0.05, 0) is 38.1 Å². The summed E-state index contributed by atoms with van der Waals surface area (Å²) in [5.74, 6) is -1.72. The van der Waals surface area contributed by atoms with Crippen LogP contribution in [0.3, 0.4) is 0 Å². The highest BCUT2D eigenvalue weighted by atomic mass is 19.3. The number of nitrogens with one attached hydrogen (secondary N) is 1. The summed E-state index contributed by atoms with van der Waals surface area (Å²) in [6.07, 6.45) is -1.14. The fourth-order valence-corrected chi connectivity index (χ4v) is 1.87. The zero-order chi connectivity index (χ0) is 18.6. The second-order valence-electron chi connectivity index (χ2n) is 4.95. The minimum atomic E-state index is -2.94. The number of carbonyl (C=O) groups excluding carboxylic acids is 2. The van der Waals surface area contributed by atoms with Crippen molar-refractivity contribution < 1.29 is 32.4 Å². The van der Waals surface area contributed by atoms with Gasteiger partial charge >= 0.3 is 12.6 Å². The van der Waals surface area contributed by atoms with Crippen LogP contribution in [0.25, 0.3) is 0 Å². The lowest BCUT2D eigenvalue weighted by atomic mass is 10.2. The normalized spacial score (nSPS) is 11.9. The van der Waals surface area contributed by atoms with Gasteiger partial charge in [0.15, 0.2) is 6.10 Å². The Hall–Kier alpha value is -3.17. The number of esters is 1. The molecule has 1 unspecified atom stereocenters. The van der Waals surface area contributed by atoms with Crippen LogP contribution in [0.4, 0.5) is 20.4 Å². The standard InChI is InChI=1S/C15H15F2N3O5/c1-7-11(12(18)25-20-7)14(22)23-8(2)13(21)19-9-3-5-10(6-4-9)24-15(16)17/h3-6,8,15H,18H2,1-2H3,(H,19,21). The smallest absolute Gasteiger partial charge is 0.387 e. The monoisotopic (exact) mass is 355 g/mol. The molecule has 1 aromatic carbocycles. The van der Waals surface area contributed by atoms with Crippen molar-refractivity contribution in [3.8, 4) is 5.75 Å². The van der Waals surface area contributed by atoms with Crippen LogP contribution in [0.2, 0.25) is 0 Å². The van der Waals surface area contributed by atoms with Gasteiger partial charge < -0.3 is 25.0 Å². The molecule has 0 aliphatic heterocycles. The Morgan fingerprint density at radius 2 is 1.92 bits per heavy atom. The summed E-state index contributed by atoms with van der Waals surface area (Å²) in [7, 11) is 0. The molecule has 0 aliphatic carbocycles. The molecule has 1 amide bonds. The van der Waals surface area contributed by atoms with Crippen LogP contribution in [0.5, 0.6) is 5.75 Å². The number of nitrogens with zero attached hydrogens (tertiary/aromatic N) is 1. The Kier molecular flexibility index (Phi) is 5.52. The fraction of sp³-hybridized carbons (Fsp3) is 0.267. The van der Waals surface area contributed by atoms with Gasteiger partial charge in [-0.3, -0.25) is 4.79 Å². The Morgan fingerprint density at radius 3 is 2.44 bits per heavy atom. The molecule has 0 radical (unpaired) electrons. The van der Waals surface area contributed by atoms with Crippen molar-refractivity contribution >= 4 is 23.4 Å². The van der Waals surface area contributed by atoms with Gasteiger partial charge in [-0.15, -0.1) is 0 Å². The second-order valence-corrected chi connectivity index (χ2v) is 4.95. The van der Waals surface area contributed by atoms with Crippen LogP contribution in [0.1, 0.15) is 23.0 Å². The molecular weight excluding hydrogens is 340 g/mol. The lowest BCUT2D eigenvalue weighted by Gasteiger charge is -2.13. The molecular formula is C15H15F2N3O5. The molecule has 0 saturated heterocycles. The van der Waals surface area contributed by atoms with E-state index >= 15 is 0 Å². The number of anilines is 2. The first-order valence-corrected chi connectivity index (χ1v) is 7.06. The quantitative estimate of drug-likeness (QED) is 0.764. The number of aryl methyl sites for hydroxylation is 1. The molecule has 25 heavy (non-hydrogen) atoms. The van der Waals surface area contributed by atoms with Gasteiger partial charge in [-0.2, -0.15) is 8.78 Å². The molecule has 1 heterocycles. The minimum absolute atomic E-state index is 0.0480. The zero-order valence-corrected chi connectivity index (χ0v) is 13.3. The highest BCUT2D eigenvalue weighted by molar-refractivity contribution is 5.99. The molecule has 0 fully saturated rings. The Morgan fingerprint density at radius 1 is 1.28 bits per heavy atom. The van der Waals surface area contributed by atoms with Crippen LogP contribution in [0.15, 0.2) is 28.8 Å². The van der Waals surface area contributed by atoms with Crippen molar-refractivity contribution in [2.24, 2.45) is 0 Å². The predicted molar refractivity (Wildman–Crippen MR) is 82.2 cm³/mol.